The third kappa shape index (κ3) is 4.07. The molecule has 1 fully saturated rings. The number of nitrogens with one attached hydrogen (secondary N) is 1. The topological polar surface area (TPSA) is 32.3 Å². The molecule has 1 atom stereocenters. The Balaban J connectivity index is 2.01. The molecule has 0 saturated heterocycles. The molecule has 0 radical (unpaired) electrons. The maximum absolute atomic E-state index is 12.6. The van der Waals surface area contributed by atoms with E-state index in [-0.39, 0.29) is 11.8 Å². The fourth-order valence-electron chi connectivity index (χ4n) is 2.73. The minimum absolute atomic E-state index is 0.0452. The average Bonchev–Trinajstić information content (AvgIpc) is 2.42. The molecule has 1 aromatic rings. The summed E-state index contributed by atoms with van der Waals surface area (Å²) in [5, 5.41) is 3.10. The molecule has 3 heteroatoms. The van der Waals surface area contributed by atoms with E-state index in [2.05, 4.69) is 22.3 Å². The fraction of sp³-hybridized carbons (Fsp3) is 0.588. The fourth-order valence-corrected chi connectivity index (χ4v) is 2.73. The monoisotopic (exact) mass is 274 g/mol. The highest BCUT2D eigenvalue weighted by Gasteiger charge is 2.26. The predicted molar refractivity (Wildman–Crippen MR) is 82.3 cm³/mol. The van der Waals surface area contributed by atoms with Crippen molar-refractivity contribution in [1.29, 1.82) is 0 Å². The highest BCUT2D eigenvalue weighted by molar-refractivity contribution is 5.78. The number of amides is 1. The van der Waals surface area contributed by atoms with Crippen LogP contribution in [0.4, 0.5) is 0 Å². The van der Waals surface area contributed by atoms with E-state index < -0.39 is 0 Å². The van der Waals surface area contributed by atoms with E-state index in [9.17, 15) is 4.79 Å². The van der Waals surface area contributed by atoms with Gasteiger partial charge in [-0.1, -0.05) is 43.7 Å². The lowest BCUT2D eigenvalue weighted by atomic mass is 9.85. The summed E-state index contributed by atoms with van der Waals surface area (Å²) < 4.78 is 0. The van der Waals surface area contributed by atoms with Crippen molar-refractivity contribution in [3.05, 3.63) is 35.9 Å². The first-order valence-electron chi connectivity index (χ1n) is 7.68. The molecule has 3 nitrogen and oxygen atoms in total. The largest absolute Gasteiger partial charge is 0.338 e. The third-order valence-electron chi connectivity index (χ3n) is 4.16. The molecule has 1 unspecified atom stereocenters. The van der Waals surface area contributed by atoms with Gasteiger partial charge in [0.15, 0.2) is 0 Å². The molecule has 0 aromatic heterocycles. The SMILES string of the molecule is CNCC(C)C(=O)N(Cc1ccccc1)CC1CCC1. The second-order valence-electron chi connectivity index (χ2n) is 5.96. The summed E-state index contributed by atoms with van der Waals surface area (Å²) >= 11 is 0. The van der Waals surface area contributed by atoms with Gasteiger partial charge in [0.25, 0.3) is 0 Å². The zero-order valence-electron chi connectivity index (χ0n) is 12.6. The number of carbonyl (C=O) groups is 1. The van der Waals surface area contributed by atoms with Gasteiger partial charge >= 0.3 is 0 Å². The number of rotatable bonds is 7. The van der Waals surface area contributed by atoms with Crippen molar-refractivity contribution in [2.24, 2.45) is 11.8 Å². The summed E-state index contributed by atoms with van der Waals surface area (Å²) in [4.78, 5) is 14.7. The third-order valence-corrected chi connectivity index (χ3v) is 4.16. The minimum Gasteiger partial charge on any atom is -0.338 e. The lowest BCUT2D eigenvalue weighted by Gasteiger charge is -2.34. The number of nitrogens with zero attached hydrogens (tertiary/aromatic N) is 1. The standard InChI is InChI=1S/C17H26N2O/c1-14(11-18-2)17(20)19(13-16-9-6-10-16)12-15-7-4-3-5-8-15/h3-5,7-8,14,16,18H,6,9-13H2,1-2H3. The van der Waals surface area contributed by atoms with Crippen LogP contribution in [-0.2, 0) is 11.3 Å². The molecule has 1 N–H and O–H groups in total. The molecule has 1 aliphatic rings. The van der Waals surface area contributed by atoms with Crippen LogP contribution in [0.3, 0.4) is 0 Å². The summed E-state index contributed by atoms with van der Waals surface area (Å²) in [5.74, 6) is 1.03. The van der Waals surface area contributed by atoms with Crippen LogP contribution in [0.5, 0.6) is 0 Å². The highest BCUT2D eigenvalue weighted by Crippen LogP contribution is 2.28. The minimum atomic E-state index is 0.0452. The van der Waals surface area contributed by atoms with Gasteiger partial charge in [0.2, 0.25) is 5.91 Å². The molecule has 0 heterocycles. The maximum atomic E-state index is 12.6. The van der Waals surface area contributed by atoms with E-state index in [1.54, 1.807) is 0 Å². The molecular weight excluding hydrogens is 248 g/mol. The van der Waals surface area contributed by atoms with Crippen molar-refractivity contribution < 1.29 is 4.79 Å². The van der Waals surface area contributed by atoms with Gasteiger partial charge in [-0.15, -0.1) is 0 Å². The van der Waals surface area contributed by atoms with Gasteiger partial charge in [-0.25, -0.2) is 0 Å². The normalized spacial score (nSPS) is 16.5. The van der Waals surface area contributed by atoms with Crippen molar-refractivity contribution in [2.45, 2.75) is 32.7 Å². The molecule has 2 rings (SSSR count). The van der Waals surface area contributed by atoms with Crippen LogP contribution in [0, 0.1) is 11.8 Å². The Hall–Kier alpha value is -1.35. The van der Waals surface area contributed by atoms with Gasteiger partial charge in [0.05, 0.1) is 0 Å². The lowest BCUT2D eigenvalue weighted by Crippen LogP contribution is -2.41. The number of benzene rings is 1. The van der Waals surface area contributed by atoms with Crippen LogP contribution in [0.1, 0.15) is 31.7 Å². The van der Waals surface area contributed by atoms with E-state index in [1.807, 2.05) is 32.2 Å². The summed E-state index contributed by atoms with van der Waals surface area (Å²) in [6.07, 6.45) is 3.88. The second kappa shape index (κ2) is 7.44. The van der Waals surface area contributed by atoms with E-state index in [0.717, 1.165) is 19.6 Å². The second-order valence-corrected chi connectivity index (χ2v) is 5.96. The zero-order chi connectivity index (χ0) is 14.4. The van der Waals surface area contributed by atoms with Crippen LogP contribution in [0.15, 0.2) is 30.3 Å². The van der Waals surface area contributed by atoms with Crippen LogP contribution in [-0.4, -0.2) is 30.9 Å². The van der Waals surface area contributed by atoms with E-state index in [1.165, 1.54) is 24.8 Å². The quantitative estimate of drug-likeness (QED) is 0.829. The Bertz CT molecular complexity index is 414. The molecule has 1 aliphatic carbocycles. The molecule has 0 spiro atoms. The zero-order valence-corrected chi connectivity index (χ0v) is 12.6. The van der Waals surface area contributed by atoms with Crippen molar-refractivity contribution >= 4 is 5.91 Å². The van der Waals surface area contributed by atoms with Crippen LogP contribution >= 0.6 is 0 Å². The van der Waals surface area contributed by atoms with Crippen LogP contribution in [0.2, 0.25) is 0 Å². The summed E-state index contributed by atoms with van der Waals surface area (Å²) in [6.45, 7) is 4.42. The van der Waals surface area contributed by atoms with Crippen molar-refractivity contribution in [2.75, 3.05) is 20.1 Å². The highest BCUT2D eigenvalue weighted by atomic mass is 16.2. The van der Waals surface area contributed by atoms with E-state index >= 15 is 0 Å². The molecular formula is C17H26N2O. The summed E-state index contributed by atoms with van der Waals surface area (Å²) in [5.41, 5.74) is 1.22. The molecule has 1 amide bonds. The lowest BCUT2D eigenvalue weighted by molar-refractivity contribution is -0.136. The van der Waals surface area contributed by atoms with Gasteiger partial charge in [-0.05, 0) is 31.4 Å². The molecule has 110 valence electrons. The number of hydrogen-bond donors (Lipinski definition) is 1. The Morgan fingerprint density at radius 1 is 1.35 bits per heavy atom. The van der Waals surface area contributed by atoms with Crippen molar-refractivity contribution in [3.8, 4) is 0 Å². The smallest absolute Gasteiger partial charge is 0.226 e. The first-order chi connectivity index (χ1) is 9.70. The predicted octanol–water partition coefficient (Wildman–Crippen LogP) is 2.67. The Morgan fingerprint density at radius 3 is 2.60 bits per heavy atom. The van der Waals surface area contributed by atoms with E-state index in [0.29, 0.717) is 5.92 Å². The first kappa shape index (κ1) is 15.0. The van der Waals surface area contributed by atoms with Crippen LogP contribution in [0.25, 0.3) is 0 Å². The van der Waals surface area contributed by atoms with E-state index in [4.69, 9.17) is 0 Å². The summed E-state index contributed by atoms with van der Waals surface area (Å²) in [6, 6.07) is 10.3. The Labute approximate surface area is 122 Å². The van der Waals surface area contributed by atoms with Gasteiger partial charge in [0.1, 0.15) is 0 Å². The average molecular weight is 274 g/mol. The van der Waals surface area contributed by atoms with Gasteiger partial charge < -0.3 is 10.2 Å². The molecule has 0 aliphatic heterocycles. The van der Waals surface area contributed by atoms with Crippen molar-refractivity contribution in [3.63, 3.8) is 0 Å². The molecule has 0 bridgehead atoms. The number of carbonyl (C=O) groups excluding carboxylic acids is 1. The molecule has 1 saturated carbocycles. The van der Waals surface area contributed by atoms with Gasteiger partial charge in [0, 0.05) is 25.6 Å². The first-order valence-corrected chi connectivity index (χ1v) is 7.68. The molecule has 1 aromatic carbocycles. The maximum Gasteiger partial charge on any atom is 0.226 e. The summed E-state index contributed by atoms with van der Waals surface area (Å²) in [7, 11) is 1.90. The number of hydrogen-bond acceptors (Lipinski definition) is 2. The Morgan fingerprint density at radius 2 is 2.05 bits per heavy atom. The van der Waals surface area contributed by atoms with Crippen molar-refractivity contribution in [1.82, 2.24) is 10.2 Å². The van der Waals surface area contributed by atoms with Gasteiger partial charge in [-0.3, -0.25) is 4.79 Å². The van der Waals surface area contributed by atoms with Crippen LogP contribution < -0.4 is 5.32 Å². The molecule has 20 heavy (non-hydrogen) atoms. The Kier molecular flexibility index (Phi) is 5.60. The van der Waals surface area contributed by atoms with Gasteiger partial charge in [-0.2, -0.15) is 0 Å².